The van der Waals surface area contributed by atoms with E-state index >= 15 is 0 Å². The zero-order chi connectivity index (χ0) is 24.2. The second kappa shape index (κ2) is 10.8. The minimum Gasteiger partial charge on any atom is -0.469 e. The Hall–Kier alpha value is -2.61. The maximum atomic E-state index is 12.0. The molecule has 5 rings (SSSR count). The van der Waals surface area contributed by atoms with E-state index in [0.717, 1.165) is 37.7 Å². The van der Waals surface area contributed by atoms with Gasteiger partial charge in [0.15, 0.2) is 0 Å². The van der Waals surface area contributed by atoms with Crippen LogP contribution in [0.15, 0.2) is 30.3 Å². The molecule has 1 aromatic carbocycles. The highest BCUT2D eigenvalue weighted by Gasteiger charge is 2.52. The maximum Gasteiger partial charge on any atom is 0.407 e. The number of hydrogen-bond acceptors (Lipinski definition) is 7. The minimum absolute atomic E-state index is 0.00579. The van der Waals surface area contributed by atoms with Gasteiger partial charge in [-0.15, -0.1) is 0 Å². The summed E-state index contributed by atoms with van der Waals surface area (Å²) in [6.45, 7) is 0.233. The molecule has 4 bridgehead atoms. The van der Waals surface area contributed by atoms with Crippen LogP contribution in [-0.2, 0) is 30.4 Å². The van der Waals surface area contributed by atoms with Crippen LogP contribution in [0, 0.1) is 35.5 Å². The number of nitrogens with two attached hydrogens (primary N) is 1. The van der Waals surface area contributed by atoms with Gasteiger partial charge in [0.1, 0.15) is 6.61 Å². The number of hydrogen-bond donors (Lipinski definition) is 2. The number of carbonyl (C=O) groups excluding carboxylic acids is 3. The van der Waals surface area contributed by atoms with E-state index < -0.39 is 6.09 Å². The number of alkyl carbamates (subject to hydrolysis) is 1. The summed E-state index contributed by atoms with van der Waals surface area (Å²) < 4.78 is 14.9. The van der Waals surface area contributed by atoms with Gasteiger partial charge in [0.05, 0.1) is 26.1 Å². The molecule has 8 heteroatoms. The van der Waals surface area contributed by atoms with Crippen molar-refractivity contribution >= 4 is 18.0 Å². The molecule has 4 aliphatic carbocycles. The van der Waals surface area contributed by atoms with Gasteiger partial charge in [0, 0.05) is 12.1 Å². The van der Waals surface area contributed by atoms with Gasteiger partial charge >= 0.3 is 18.0 Å². The second-order valence-electron chi connectivity index (χ2n) is 10.1. The largest absolute Gasteiger partial charge is 0.469 e. The number of amides is 1. The van der Waals surface area contributed by atoms with Crippen LogP contribution in [0.2, 0.25) is 0 Å². The van der Waals surface area contributed by atoms with Crippen LogP contribution >= 0.6 is 0 Å². The SMILES string of the molecule is COC(=O)[C@@H]1C2CCC(C2)[C@H]1N.COC(=O)[C@@H]1C2CCC(C2)[C@H]1NC(=O)OCc1ccccc1. The highest BCUT2D eigenvalue weighted by molar-refractivity contribution is 5.76. The van der Waals surface area contributed by atoms with Crippen LogP contribution in [0.1, 0.15) is 44.1 Å². The molecule has 1 amide bonds. The number of benzene rings is 1. The van der Waals surface area contributed by atoms with Crippen LogP contribution < -0.4 is 11.1 Å². The Bertz CT molecular complexity index is 875. The summed E-state index contributed by atoms with van der Waals surface area (Å²) in [6.07, 6.45) is 6.14. The third kappa shape index (κ3) is 5.06. The fraction of sp³-hybridized carbons (Fsp3) is 0.654. The van der Waals surface area contributed by atoms with Crippen molar-refractivity contribution in [3.05, 3.63) is 35.9 Å². The molecule has 0 radical (unpaired) electrons. The normalized spacial score (nSPS) is 34.7. The van der Waals surface area contributed by atoms with E-state index in [1.54, 1.807) is 0 Å². The van der Waals surface area contributed by atoms with Gasteiger partial charge in [0.25, 0.3) is 0 Å². The van der Waals surface area contributed by atoms with Crippen molar-refractivity contribution in [2.75, 3.05) is 14.2 Å². The van der Waals surface area contributed by atoms with Gasteiger partial charge in [-0.3, -0.25) is 9.59 Å². The fourth-order valence-corrected chi connectivity index (χ4v) is 6.70. The molecule has 8 nitrogen and oxygen atoms in total. The first-order valence-corrected chi connectivity index (χ1v) is 12.3. The molecule has 8 atom stereocenters. The maximum absolute atomic E-state index is 12.0. The van der Waals surface area contributed by atoms with Crippen LogP contribution in [0.5, 0.6) is 0 Å². The summed E-state index contributed by atoms with van der Waals surface area (Å²) in [5, 5.41) is 2.88. The molecule has 0 aliphatic heterocycles. The Labute approximate surface area is 200 Å². The molecule has 1 aromatic rings. The summed E-state index contributed by atoms with van der Waals surface area (Å²) in [7, 11) is 2.85. The molecule has 0 saturated heterocycles. The van der Waals surface area contributed by atoms with Gasteiger partial charge in [-0.05, 0) is 67.8 Å². The monoisotopic (exact) mass is 472 g/mol. The lowest BCUT2D eigenvalue weighted by Gasteiger charge is -2.29. The predicted molar refractivity (Wildman–Crippen MR) is 124 cm³/mol. The van der Waals surface area contributed by atoms with E-state index in [1.807, 2.05) is 30.3 Å². The average Bonchev–Trinajstić information content (AvgIpc) is 3.64. The average molecular weight is 473 g/mol. The standard InChI is InChI=1S/C17H21NO4.C9H15NO2/c1-21-16(19)14-12-7-8-13(9-12)15(14)18-17(20)22-10-11-5-3-2-4-6-11;1-12-9(11)7-5-2-3-6(4-5)8(7)10/h2-6,12-15H,7-10H2,1H3,(H,18,20);5-8H,2-4,10H2,1H3/t12?,13?,14-,15-;5?,6?,7-,8-/m11/s1. The zero-order valence-corrected chi connectivity index (χ0v) is 20.0. The van der Waals surface area contributed by atoms with E-state index in [-0.39, 0.29) is 42.5 Å². The van der Waals surface area contributed by atoms with E-state index in [2.05, 4.69) is 5.32 Å². The van der Waals surface area contributed by atoms with E-state index in [9.17, 15) is 14.4 Å². The van der Waals surface area contributed by atoms with Crippen LogP contribution in [-0.4, -0.2) is 44.3 Å². The van der Waals surface area contributed by atoms with Gasteiger partial charge in [-0.25, -0.2) is 4.79 Å². The summed E-state index contributed by atoms with van der Waals surface area (Å²) >= 11 is 0. The molecule has 34 heavy (non-hydrogen) atoms. The molecule has 4 saturated carbocycles. The summed E-state index contributed by atoms with van der Waals surface area (Å²) in [4.78, 5) is 35.3. The van der Waals surface area contributed by atoms with Gasteiger partial charge in [0.2, 0.25) is 0 Å². The van der Waals surface area contributed by atoms with Crippen molar-refractivity contribution in [1.29, 1.82) is 0 Å². The van der Waals surface area contributed by atoms with Gasteiger partial charge < -0.3 is 25.3 Å². The molecular weight excluding hydrogens is 436 g/mol. The number of carbonyl (C=O) groups is 3. The zero-order valence-electron chi connectivity index (χ0n) is 20.0. The first kappa shape index (κ1) is 24.5. The van der Waals surface area contributed by atoms with Crippen molar-refractivity contribution in [3.63, 3.8) is 0 Å². The van der Waals surface area contributed by atoms with Crippen molar-refractivity contribution < 1.29 is 28.6 Å². The molecule has 4 unspecified atom stereocenters. The quantitative estimate of drug-likeness (QED) is 0.500. The summed E-state index contributed by atoms with van der Waals surface area (Å²) in [5.74, 6) is 1.23. The highest BCUT2D eigenvalue weighted by atomic mass is 16.5. The van der Waals surface area contributed by atoms with Crippen LogP contribution in [0.4, 0.5) is 4.79 Å². The lowest BCUT2D eigenvalue weighted by Crippen LogP contribution is -2.47. The third-order valence-corrected chi connectivity index (χ3v) is 8.34. The topological polar surface area (TPSA) is 117 Å². The number of nitrogens with one attached hydrogen (secondary N) is 1. The molecule has 4 fully saturated rings. The number of rotatable bonds is 5. The Morgan fingerprint density at radius 2 is 1.41 bits per heavy atom. The van der Waals surface area contributed by atoms with E-state index in [0.29, 0.717) is 23.7 Å². The van der Waals surface area contributed by atoms with Crippen molar-refractivity contribution in [3.8, 4) is 0 Å². The number of ether oxygens (including phenoxy) is 3. The Morgan fingerprint density at radius 1 is 0.853 bits per heavy atom. The van der Waals surface area contributed by atoms with Crippen molar-refractivity contribution in [2.45, 2.75) is 57.2 Å². The minimum atomic E-state index is -0.463. The number of fused-ring (bicyclic) bond motifs is 4. The second-order valence-corrected chi connectivity index (χ2v) is 10.1. The highest BCUT2D eigenvalue weighted by Crippen LogP contribution is 2.49. The first-order valence-electron chi connectivity index (χ1n) is 12.3. The Kier molecular flexibility index (Phi) is 7.76. The number of esters is 2. The van der Waals surface area contributed by atoms with E-state index in [1.165, 1.54) is 20.6 Å². The first-order chi connectivity index (χ1) is 16.4. The lowest BCUT2D eigenvalue weighted by atomic mass is 9.84. The molecule has 186 valence electrons. The molecule has 0 heterocycles. The predicted octanol–water partition coefficient (Wildman–Crippen LogP) is 3.03. The Balaban J connectivity index is 0.000000192. The van der Waals surface area contributed by atoms with Crippen molar-refractivity contribution in [1.82, 2.24) is 5.32 Å². The molecule has 3 N–H and O–H groups in total. The van der Waals surface area contributed by atoms with Gasteiger partial charge in [-0.1, -0.05) is 30.3 Å². The lowest BCUT2D eigenvalue weighted by molar-refractivity contribution is -0.148. The Morgan fingerprint density at radius 3 is 2.03 bits per heavy atom. The fourth-order valence-electron chi connectivity index (χ4n) is 6.70. The van der Waals surface area contributed by atoms with Gasteiger partial charge in [-0.2, -0.15) is 0 Å². The molecular formula is C26H36N2O6. The molecule has 0 aromatic heterocycles. The van der Waals surface area contributed by atoms with Crippen LogP contribution in [0.3, 0.4) is 0 Å². The molecule has 0 spiro atoms. The number of methoxy groups -OCH3 is 2. The van der Waals surface area contributed by atoms with E-state index in [4.69, 9.17) is 19.9 Å². The third-order valence-electron chi connectivity index (χ3n) is 8.34. The smallest absolute Gasteiger partial charge is 0.407 e. The molecule has 4 aliphatic rings. The summed E-state index contributed by atoms with van der Waals surface area (Å²) in [5.41, 5.74) is 6.88. The van der Waals surface area contributed by atoms with Crippen molar-refractivity contribution in [2.24, 2.45) is 41.2 Å². The summed E-state index contributed by atoms with van der Waals surface area (Å²) in [6, 6.07) is 9.44. The van der Waals surface area contributed by atoms with Crippen LogP contribution in [0.25, 0.3) is 0 Å².